The van der Waals surface area contributed by atoms with Crippen LogP contribution in [0.5, 0.6) is 0 Å². The SMILES string of the molecule is C[C@@H](NS(=O)(=O)CCl)c1cccs1. The van der Waals surface area contributed by atoms with Crippen LogP contribution >= 0.6 is 22.9 Å². The third-order valence-corrected chi connectivity index (χ3v) is 4.39. The fourth-order valence-corrected chi connectivity index (χ4v) is 2.62. The van der Waals surface area contributed by atoms with Gasteiger partial charge in [0.25, 0.3) is 0 Å². The van der Waals surface area contributed by atoms with E-state index in [1.54, 1.807) is 6.92 Å². The van der Waals surface area contributed by atoms with Gasteiger partial charge in [0.2, 0.25) is 10.0 Å². The molecule has 1 atom stereocenters. The molecule has 1 rings (SSSR count). The zero-order chi connectivity index (χ0) is 9.90. The molecular weight excluding hydrogens is 230 g/mol. The lowest BCUT2D eigenvalue weighted by molar-refractivity contribution is 0.573. The molecule has 74 valence electrons. The van der Waals surface area contributed by atoms with Gasteiger partial charge >= 0.3 is 0 Å². The zero-order valence-corrected chi connectivity index (χ0v) is 9.42. The summed E-state index contributed by atoms with van der Waals surface area (Å²) < 4.78 is 24.6. The maximum absolute atomic E-state index is 11.1. The first-order valence-electron chi connectivity index (χ1n) is 3.64. The largest absolute Gasteiger partial charge is 0.226 e. The van der Waals surface area contributed by atoms with E-state index in [-0.39, 0.29) is 6.04 Å². The van der Waals surface area contributed by atoms with Gasteiger partial charge in [-0.1, -0.05) is 6.07 Å². The van der Waals surface area contributed by atoms with Gasteiger partial charge in [0.1, 0.15) is 5.21 Å². The van der Waals surface area contributed by atoms with E-state index in [2.05, 4.69) is 4.72 Å². The molecule has 0 aliphatic carbocycles. The van der Waals surface area contributed by atoms with Crippen LogP contribution in [0.3, 0.4) is 0 Å². The number of halogens is 1. The minimum absolute atomic E-state index is 0.205. The van der Waals surface area contributed by atoms with Gasteiger partial charge in [-0.05, 0) is 18.4 Å². The molecule has 0 radical (unpaired) electrons. The molecule has 1 aromatic rings. The molecule has 0 unspecified atom stereocenters. The van der Waals surface area contributed by atoms with Crippen molar-refractivity contribution in [2.75, 3.05) is 5.21 Å². The van der Waals surface area contributed by atoms with Crippen molar-refractivity contribution < 1.29 is 8.42 Å². The predicted molar refractivity (Wildman–Crippen MR) is 55.5 cm³/mol. The Morgan fingerprint density at radius 2 is 2.38 bits per heavy atom. The van der Waals surface area contributed by atoms with Crippen molar-refractivity contribution in [1.29, 1.82) is 0 Å². The number of alkyl halides is 1. The molecule has 0 bridgehead atoms. The molecule has 1 aromatic heterocycles. The summed E-state index contributed by atoms with van der Waals surface area (Å²) in [7, 11) is -3.32. The van der Waals surface area contributed by atoms with Crippen molar-refractivity contribution in [1.82, 2.24) is 4.72 Å². The highest BCUT2D eigenvalue weighted by molar-refractivity contribution is 7.90. The highest BCUT2D eigenvalue weighted by atomic mass is 35.5. The smallest absolute Gasteiger partial charge is 0.211 e. The second kappa shape index (κ2) is 4.41. The number of hydrogen-bond acceptors (Lipinski definition) is 3. The third-order valence-electron chi connectivity index (χ3n) is 1.47. The highest BCUT2D eigenvalue weighted by Crippen LogP contribution is 2.18. The minimum atomic E-state index is -3.32. The van der Waals surface area contributed by atoms with Crippen LogP contribution in [0.25, 0.3) is 0 Å². The molecule has 0 saturated carbocycles. The Balaban J connectivity index is 2.67. The van der Waals surface area contributed by atoms with Crippen molar-refractivity contribution in [3.63, 3.8) is 0 Å². The van der Waals surface area contributed by atoms with Gasteiger partial charge in [-0.3, -0.25) is 0 Å². The Hall–Kier alpha value is -0.100. The van der Waals surface area contributed by atoms with E-state index < -0.39 is 15.2 Å². The average molecular weight is 240 g/mol. The first-order valence-corrected chi connectivity index (χ1v) is 6.71. The van der Waals surface area contributed by atoms with Crippen molar-refractivity contribution >= 4 is 33.0 Å². The monoisotopic (exact) mass is 239 g/mol. The van der Waals surface area contributed by atoms with Crippen molar-refractivity contribution in [2.45, 2.75) is 13.0 Å². The summed E-state index contributed by atoms with van der Waals surface area (Å²) in [5.41, 5.74) is 0. The fourth-order valence-electron chi connectivity index (χ4n) is 0.897. The van der Waals surface area contributed by atoms with Crippen LogP contribution in [0.15, 0.2) is 17.5 Å². The fraction of sp³-hybridized carbons (Fsp3) is 0.429. The summed E-state index contributed by atoms with van der Waals surface area (Å²) in [5, 5.41) is 1.50. The average Bonchev–Trinajstić information content (AvgIpc) is 2.55. The Kier molecular flexibility index (Phi) is 3.73. The highest BCUT2D eigenvalue weighted by Gasteiger charge is 2.14. The molecule has 0 spiro atoms. The number of sulfonamides is 1. The number of thiophene rings is 1. The van der Waals surface area contributed by atoms with E-state index in [4.69, 9.17) is 11.6 Å². The maximum Gasteiger partial charge on any atom is 0.226 e. The normalized spacial score (nSPS) is 14.3. The molecule has 13 heavy (non-hydrogen) atoms. The van der Waals surface area contributed by atoms with E-state index in [0.717, 1.165) is 4.88 Å². The van der Waals surface area contributed by atoms with Gasteiger partial charge in [0.15, 0.2) is 0 Å². The van der Waals surface area contributed by atoms with Gasteiger partial charge in [-0.2, -0.15) is 0 Å². The topological polar surface area (TPSA) is 46.2 Å². The summed E-state index contributed by atoms with van der Waals surface area (Å²) in [5.74, 6) is 0. The Bertz CT molecular complexity index is 347. The molecule has 1 heterocycles. The summed E-state index contributed by atoms with van der Waals surface area (Å²) in [6.07, 6.45) is 0. The molecule has 3 nitrogen and oxygen atoms in total. The molecule has 0 aromatic carbocycles. The summed E-state index contributed by atoms with van der Waals surface area (Å²) in [4.78, 5) is 0.980. The first-order chi connectivity index (χ1) is 6.05. The molecule has 0 aliphatic heterocycles. The molecule has 0 saturated heterocycles. The standard InChI is InChI=1S/C7H10ClNO2S2/c1-6(7-3-2-4-12-7)9-13(10,11)5-8/h2-4,6,9H,5H2,1H3/t6-/m1/s1. The van der Waals surface area contributed by atoms with E-state index in [9.17, 15) is 8.42 Å². The molecule has 0 fully saturated rings. The first kappa shape index (κ1) is 11.0. The Morgan fingerprint density at radius 1 is 1.69 bits per heavy atom. The van der Waals surface area contributed by atoms with Crippen molar-refractivity contribution in [3.05, 3.63) is 22.4 Å². The molecule has 0 amide bonds. The quantitative estimate of drug-likeness (QED) is 0.817. The lowest BCUT2D eigenvalue weighted by Gasteiger charge is -2.10. The van der Waals surface area contributed by atoms with Crippen LogP contribution in [0, 0.1) is 0 Å². The second-order valence-electron chi connectivity index (χ2n) is 2.58. The number of nitrogens with one attached hydrogen (secondary N) is 1. The van der Waals surface area contributed by atoms with Crippen LogP contribution in [-0.4, -0.2) is 13.6 Å². The number of rotatable bonds is 4. The molecule has 0 aliphatic rings. The summed E-state index contributed by atoms with van der Waals surface area (Å²) in [6, 6.07) is 3.56. The summed E-state index contributed by atoms with van der Waals surface area (Å²) in [6.45, 7) is 1.79. The van der Waals surface area contributed by atoms with Crippen LogP contribution in [-0.2, 0) is 10.0 Å². The van der Waals surface area contributed by atoms with Gasteiger partial charge in [0.05, 0.1) is 6.04 Å². The molecule has 1 N–H and O–H groups in total. The second-order valence-corrected chi connectivity index (χ2v) is 5.90. The van der Waals surface area contributed by atoms with Gasteiger partial charge in [-0.25, -0.2) is 13.1 Å². The van der Waals surface area contributed by atoms with Crippen LogP contribution in [0.4, 0.5) is 0 Å². The van der Waals surface area contributed by atoms with E-state index in [0.29, 0.717) is 0 Å². The van der Waals surface area contributed by atoms with Crippen molar-refractivity contribution in [3.8, 4) is 0 Å². The van der Waals surface area contributed by atoms with E-state index in [1.807, 2.05) is 17.5 Å². The van der Waals surface area contributed by atoms with Crippen LogP contribution in [0.1, 0.15) is 17.8 Å². The van der Waals surface area contributed by atoms with E-state index >= 15 is 0 Å². The minimum Gasteiger partial charge on any atom is -0.211 e. The molecule has 6 heteroatoms. The number of hydrogen-bond donors (Lipinski definition) is 1. The predicted octanol–water partition coefficient (Wildman–Crippen LogP) is 1.92. The third kappa shape index (κ3) is 3.27. The Labute approximate surface area is 86.8 Å². The van der Waals surface area contributed by atoms with E-state index in [1.165, 1.54) is 11.3 Å². The molecular formula is C7H10ClNO2S2. The Morgan fingerprint density at radius 3 is 2.85 bits per heavy atom. The maximum atomic E-state index is 11.1. The van der Waals surface area contributed by atoms with Crippen LogP contribution < -0.4 is 4.72 Å². The van der Waals surface area contributed by atoms with Gasteiger partial charge in [-0.15, -0.1) is 22.9 Å². The lowest BCUT2D eigenvalue weighted by atomic mass is 10.3. The van der Waals surface area contributed by atoms with Crippen LogP contribution in [0.2, 0.25) is 0 Å². The summed E-state index contributed by atoms with van der Waals surface area (Å²) >= 11 is 6.76. The van der Waals surface area contributed by atoms with Crippen molar-refractivity contribution in [2.24, 2.45) is 0 Å². The van der Waals surface area contributed by atoms with Gasteiger partial charge < -0.3 is 0 Å². The lowest BCUT2D eigenvalue weighted by Crippen LogP contribution is -2.26. The zero-order valence-electron chi connectivity index (χ0n) is 7.03. The van der Waals surface area contributed by atoms with Gasteiger partial charge in [0, 0.05) is 4.88 Å².